The summed E-state index contributed by atoms with van der Waals surface area (Å²) < 4.78 is 0. The quantitative estimate of drug-likeness (QED) is 0.517. The van der Waals surface area contributed by atoms with Gasteiger partial charge in [-0.25, -0.2) is 0 Å². The van der Waals surface area contributed by atoms with Crippen LogP contribution in [0.15, 0.2) is 36.0 Å². The molecule has 1 aliphatic rings. The highest BCUT2D eigenvalue weighted by Crippen LogP contribution is 2.20. The van der Waals surface area contributed by atoms with Gasteiger partial charge in [-0.15, -0.1) is 0 Å². The summed E-state index contributed by atoms with van der Waals surface area (Å²) >= 11 is 0. The zero-order chi connectivity index (χ0) is 7.40. The predicted octanol–water partition coefficient (Wildman–Crippen LogP) is 3.08. The van der Waals surface area contributed by atoms with Crippen molar-refractivity contribution in [2.45, 2.75) is 20.3 Å². The molecule has 1 atom stereocenters. The normalized spacial score (nSPS) is 27.8. The van der Waals surface area contributed by atoms with E-state index in [1.165, 1.54) is 12.0 Å². The lowest BCUT2D eigenvalue weighted by molar-refractivity contribution is 0.738. The molecule has 0 heterocycles. The smallest absolute Gasteiger partial charge is 0.00152 e. The first-order valence-corrected chi connectivity index (χ1v) is 3.89. The van der Waals surface area contributed by atoms with Gasteiger partial charge in [0.15, 0.2) is 0 Å². The maximum atomic E-state index is 2.26. The standard InChI is InChI=1S/C10H14/c1-3-9-7-5-6-8-10(9)4-2/h3,5-8,10H,4H2,1-2H3. The maximum absolute atomic E-state index is 2.26. The maximum Gasteiger partial charge on any atom is 0.00152 e. The Balaban J connectivity index is 2.74. The second-order valence-electron chi connectivity index (χ2n) is 2.55. The molecule has 0 saturated carbocycles. The van der Waals surface area contributed by atoms with Gasteiger partial charge >= 0.3 is 0 Å². The molecular formula is C10H14. The van der Waals surface area contributed by atoms with Crippen LogP contribution in [0.5, 0.6) is 0 Å². The van der Waals surface area contributed by atoms with E-state index in [2.05, 4.69) is 44.2 Å². The third-order valence-electron chi connectivity index (χ3n) is 1.94. The summed E-state index contributed by atoms with van der Waals surface area (Å²) in [4.78, 5) is 0. The molecule has 0 bridgehead atoms. The fraction of sp³-hybridized carbons (Fsp3) is 0.400. The molecule has 0 nitrogen and oxygen atoms in total. The Hall–Kier alpha value is -0.780. The third kappa shape index (κ3) is 1.38. The largest absolute Gasteiger partial charge is 0.0838 e. The lowest BCUT2D eigenvalue weighted by Gasteiger charge is -2.13. The molecule has 0 N–H and O–H groups in total. The van der Waals surface area contributed by atoms with Gasteiger partial charge in [0, 0.05) is 5.92 Å². The summed E-state index contributed by atoms with van der Waals surface area (Å²) in [7, 11) is 0. The molecule has 0 aromatic heterocycles. The number of rotatable bonds is 1. The van der Waals surface area contributed by atoms with Crippen LogP contribution in [0.4, 0.5) is 0 Å². The van der Waals surface area contributed by atoms with Crippen LogP contribution in [0, 0.1) is 5.92 Å². The van der Waals surface area contributed by atoms with Crippen LogP contribution in [-0.4, -0.2) is 0 Å². The highest BCUT2D eigenvalue weighted by Gasteiger charge is 2.06. The van der Waals surface area contributed by atoms with Gasteiger partial charge in [0.05, 0.1) is 0 Å². The molecule has 0 amide bonds. The molecule has 10 heavy (non-hydrogen) atoms. The molecule has 54 valence electrons. The Bertz CT molecular complexity index is 182. The monoisotopic (exact) mass is 134 g/mol. The summed E-state index contributed by atoms with van der Waals surface area (Å²) in [6, 6.07) is 0. The Morgan fingerprint density at radius 1 is 1.50 bits per heavy atom. The zero-order valence-corrected chi connectivity index (χ0v) is 6.67. The molecule has 1 aliphatic carbocycles. The predicted molar refractivity (Wildman–Crippen MR) is 45.8 cm³/mol. The average Bonchev–Trinajstić information content (AvgIpc) is 2.04. The van der Waals surface area contributed by atoms with Gasteiger partial charge in [-0.05, 0) is 18.9 Å². The molecule has 0 fully saturated rings. The second kappa shape index (κ2) is 3.40. The average molecular weight is 134 g/mol. The van der Waals surface area contributed by atoms with Crippen molar-refractivity contribution in [1.29, 1.82) is 0 Å². The van der Waals surface area contributed by atoms with Crippen molar-refractivity contribution >= 4 is 0 Å². The summed E-state index contributed by atoms with van der Waals surface area (Å²) in [5.74, 6) is 0.662. The first-order valence-electron chi connectivity index (χ1n) is 3.89. The zero-order valence-electron chi connectivity index (χ0n) is 6.67. The molecule has 0 aromatic carbocycles. The van der Waals surface area contributed by atoms with E-state index in [0.717, 1.165) is 0 Å². The highest BCUT2D eigenvalue weighted by molar-refractivity contribution is 5.32. The molecule has 0 spiro atoms. The van der Waals surface area contributed by atoms with E-state index < -0.39 is 0 Å². The van der Waals surface area contributed by atoms with Gasteiger partial charge in [0.2, 0.25) is 0 Å². The summed E-state index contributed by atoms with van der Waals surface area (Å²) in [6.45, 7) is 4.32. The van der Waals surface area contributed by atoms with E-state index in [0.29, 0.717) is 5.92 Å². The Labute approximate surface area is 62.9 Å². The van der Waals surface area contributed by atoms with Crippen molar-refractivity contribution in [3.63, 3.8) is 0 Å². The second-order valence-corrected chi connectivity index (χ2v) is 2.55. The number of allylic oxidation sites excluding steroid dienone is 6. The number of hydrogen-bond donors (Lipinski definition) is 0. The van der Waals surface area contributed by atoms with Crippen LogP contribution in [0.25, 0.3) is 0 Å². The van der Waals surface area contributed by atoms with Gasteiger partial charge in [0.25, 0.3) is 0 Å². The minimum absolute atomic E-state index is 0.662. The molecule has 0 heteroatoms. The van der Waals surface area contributed by atoms with Crippen molar-refractivity contribution in [2.75, 3.05) is 0 Å². The van der Waals surface area contributed by atoms with Crippen LogP contribution in [0.1, 0.15) is 20.3 Å². The van der Waals surface area contributed by atoms with Crippen molar-refractivity contribution in [1.82, 2.24) is 0 Å². The van der Waals surface area contributed by atoms with Gasteiger partial charge < -0.3 is 0 Å². The van der Waals surface area contributed by atoms with Crippen molar-refractivity contribution in [2.24, 2.45) is 5.92 Å². The van der Waals surface area contributed by atoms with Gasteiger partial charge in [-0.3, -0.25) is 0 Å². The van der Waals surface area contributed by atoms with Gasteiger partial charge in [-0.1, -0.05) is 37.3 Å². The minimum Gasteiger partial charge on any atom is -0.0838 e. The topological polar surface area (TPSA) is 0 Å². The lowest BCUT2D eigenvalue weighted by atomic mass is 9.92. The van der Waals surface area contributed by atoms with Gasteiger partial charge in [0.1, 0.15) is 0 Å². The SMILES string of the molecule is CC=C1C=CC=CC1CC. The Morgan fingerprint density at radius 2 is 2.30 bits per heavy atom. The van der Waals surface area contributed by atoms with Crippen LogP contribution >= 0.6 is 0 Å². The summed E-state index contributed by atoms with van der Waals surface area (Å²) in [5.41, 5.74) is 1.45. The fourth-order valence-electron chi connectivity index (χ4n) is 1.28. The van der Waals surface area contributed by atoms with Crippen LogP contribution < -0.4 is 0 Å². The molecule has 0 radical (unpaired) electrons. The van der Waals surface area contributed by atoms with Crippen LogP contribution in [-0.2, 0) is 0 Å². The van der Waals surface area contributed by atoms with Gasteiger partial charge in [-0.2, -0.15) is 0 Å². The minimum atomic E-state index is 0.662. The Morgan fingerprint density at radius 3 is 2.80 bits per heavy atom. The summed E-state index contributed by atoms with van der Waals surface area (Å²) in [6.07, 6.45) is 12.1. The van der Waals surface area contributed by atoms with Crippen LogP contribution in [0.2, 0.25) is 0 Å². The van der Waals surface area contributed by atoms with Crippen molar-refractivity contribution in [3.05, 3.63) is 36.0 Å². The van der Waals surface area contributed by atoms with Crippen molar-refractivity contribution in [3.8, 4) is 0 Å². The first-order chi connectivity index (χ1) is 4.88. The molecule has 0 saturated heterocycles. The lowest BCUT2D eigenvalue weighted by Crippen LogP contribution is -1.98. The molecule has 0 aromatic rings. The first kappa shape index (κ1) is 7.33. The van der Waals surface area contributed by atoms with E-state index in [9.17, 15) is 0 Å². The van der Waals surface area contributed by atoms with E-state index in [-0.39, 0.29) is 0 Å². The molecule has 0 aliphatic heterocycles. The fourth-order valence-corrected chi connectivity index (χ4v) is 1.28. The molecule has 1 rings (SSSR count). The Kier molecular flexibility index (Phi) is 2.49. The molecular weight excluding hydrogens is 120 g/mol. The number of hydrogen-bond acceptors (Lipinski definition) is 0. The van der Waals surface area contributed by atoms with E-state index >= 15 is 0 Å². The highest BCUT2D eigenvalue weighted by atomic mass is 14.1. The third-order valence-corrected chi connectivity index (χ3v) is 1.94. The van der Waals surface area contributed by atoms with E-state index in [1.54, 1.807) is 0 Å². The summed E-state index contributed by atoms with van der Waals surface area (Å²) in [5, 5.41) is 0. The van der Waals surface area contributed by atoms with Crippen molar-refractivity contribution < 1.29 is 0 Å². The molecule has 1 unspecified atom stereocenters. The van der Waals surface area contributed by atoms with Crippen LogP contribution in [0.3, 0.4) is 0 Å². The van der Waals surface area contributed by atoms with E-state index in [1.807, 2.05) is 0 Å². The van der Waals surface area contributed by atoms with E-state index in [4.69, 9.17) is 0 Å².